The first-order valence-electron chi connectivity index (χ1n) is 7.83. The van der Waals surface area contributed by atoms with E-state index in [1.54, 1.807) is 24.5 Å². The number of aromatic nitrogens is 3. The fourth-order valence-electron chi connectivity index (χ4n) is 1.79. The molecule has 4 heteroatoms. The van der Waals surface area contributed by atoms with Gasteiger partial charge in [0.1, 0.15) is 0 Å². The highest BCUT2D eigenvalue weighted by molar-refractivity contribution is 6.31. The van der Waals surface area contributed by atoms with Crippen LogP contribution >= 0.6 is 11.6 Å². The SMILES string of the molecule is C.CC.CC.Clc1cc(-c2ccccn2)nc(-c2ccccn2)c1. The molecule has 0 saturated carbocycles. The number of halogens is 1. The Morgan fingerprint density at radius 1 is 0.667 bits per heavy atom. The van der Waals surface area contributed by atoms with E-state index in [1.165, 1.54) is 0 Å². The summed E-state index contributed by atoms with van der Waals surface area (Å²) in [6, 6.07) is 15.0. The molecule has 128 valence electrons. The van der Waals surface area contributed by atoms with Crippen LogP contribution in [0.5, 0.6) is 0 Å². The molecule has 0 aliphatic carbocycles. The summed E-state index contributed by atoms with van der Waals surface area (Å²) >= 11 is 6.15. The van der Waals surface area contributed by atoms with Gasteiger partial charge in [0.25, 0.3) is 0 Å². The molecule has 0 atom stereocenters. The van der Waals surface area contributed by atoms with Crippen LogP contribution in [0, 0.1) is 0 Å². The minimum atomic E-state index is 0. The van der Waals surface area contributed by atoms with E-state index in [1.807, 2.05) is 64.1 Å². The summed E-state index contributed by atoms with van der Waals surface area (Å²) in [7, 11) is 0. The quantitative estimate of drug-likeness (QED) is 0.529. The predicted octanol–water partition coefficient (Wildman–Crippen LogP) is 6.55. The minimum absolute atomic E-state index is 0. The van der Waals surface area contributed by atoms with Crippen LogP contribution < -0.4 is 0 Å². The lowest BCUT2D eigenvalue weighted by atomic mass is 10.2. The highest BCUT2D eigenvalue weighted by Crippen LogP contribution is 2.24. The molecule has 0 radical (unpaired) electrons. The second kappa shape index (κ2) is 12.2. The van der Waals surface area contributed by atoms with Crippen LogP contribution in [0.1, 0.15) is 35.1 Å². The van der Waals surface area contributed by atoms with Gasteiger partial charge in [0.2, 0.25) is 0 Å². The lowest BCUT2D eigenvalue weighted by molar-refractivity contribution is 1.22. The van der Waals surface area contributed by atoms with E-state index in [2.05, 4.69) is 15.0 Å². The topological polar surface area (TPSA) is 38.7 Å². The first-order chi connectivity index (χ1) is 11.3. The van der Waals surface area contributed by atoms with Gasteiger partial charge in [-0.05, 0) is 36.4 Å². The molecule has 0 fully saturated rings. The van der Waals surface area contributed by atoms with Crippen molar-refractivity contribution >= 4 is 11.6 Å². The molecule has 0 amide bonds. The maximum Gasteiger partial charge on any atom is 0.0909 e. The van der Waals surface area contributed by atoms with Crippen molar-refractivity contribution < 1.29 is 0 Å². The van der Waals surface area contributed by atoms with Crippen molar-refractivity contribution in [2.24, 2.45) is 0 Å². The minimum Gasteiger partial charge on any atom is -0.255 e. The summed E-state index contributed by atoms with van der Waals surface area (Å²) in [5.41, 5.74) is 3.08. The lowest BCUT2D eigenvalue weighted by Crippen LogP contribution is -1.91. The second-order valence-corrected chi connectivity index (χ2v) is 4.42. The van der Waals surface area contributed by atoms with E-state index >= 15 is 0 Å². The Labute approximate surface area is 150 Å². The van der Waals surface area contributed by atoms with Gasteiger partial charge in [-0.15, -0.1) is 0 Å². The summed E-state index contributed by atoms with van der Waals surface area (Å²) in [6.07, 6.45) is 3.47. The zero-order valence-electron chi connectivity index (χ0n) is 14.0. The van der Waals surface area contributed by atoms with E-state index in [0.717, 1.165) is 22.8 Å². The Bertz CT molecular complexity index is 628. The number of pyridine rings is 3. The number of hydrogen-bond donors (Lipinski definition) is 0. The van der Waals surface area contributed by atoms with Gasteiger partial charge in [-0.1, -0.05) is 58.9 Å². The van der Waals surface area contributed by atoms with Crippen LogP contribution in [0.15, 0.2) is 60.9 Å². The van der Waals surface area contributed by atoms with E-state index in [9.17, 15) is 0 Å². The fraction of sp³-hybridized carbons (Fsp3) is 0.250. The third-order valence-corrected chi connectivity index (χ3v) is 2.86. The molecular formula is C20H26ClN3. The van der Waals surface area contributed by atoms with Crippen LogP contribution in [0.4, 0.5) is 0 Å². The van der Waals surface area contributed by atoms with Crippen molar-refractivity contribution in [2.45, 2.75) is 35.1 Å². The normalized spacial score (nSPS) is 8.71. The van der Waals surface area contributed by atoms with E-state index in [4.69, 9.17) is 11.6 Å². The molecule has 0 saturated heterocycles. The van der Waals surface area contributed by atoms with Crippen LogP contribution in [0.3, 0.4) is 0 Å². The van der Waals surface area contributed by atoms with E-state index in [-0.39, 0.29) is 7.43 Å². The summed E-state index contributed by atoms with van der Waals surface area (Å²) in [4.78, 5) is 13.1. The Kier molecular flexibility index (Phi) is 11.0. The van der Waals surface area contributed by atoms with Crippen LogP contribution in [0.25, 0.3) is 22.8 Å². The van der Waals surface area contributed by atoms with Gasteiger partial charge in [0.05, 0.1) is 22.8 Å². The Morgan fingerprint density at radius 3 is 1.42 bits per heavy atom. The number of hydrogen-bond acceptors (Lipinski definition) is 3. The summed E-state index contributed by atoms with van der Waals surface area (Å²) in [6.45, 7) is 8.00. The smallest absolute Gasteiger partial charge is 0.0909 e. The van der Waals surface area contributed by atoms with Crippen molar-refractivity contribution in [3.8, 4) is 22.8 Å². The molecule has 0 aliphatic rings. The monoisotopic (exact) mass is 343 g/mol. The van der Waals surface area contributed by atoms with Crippen LogP contribution in [0.2, 0.25) is 5.02 Å². The molecule has 0 unspecified atom stereocenters. The fourth-order valence-corrected chi connectivity index (χ4v) is 1.99. The van der Waals surface area contributed by atoms with Crippen LogP contribution in [-0.4, -0.2) is 15.0 Å². The zero-order valence-corrected chi connectivity index (χ0v) is 14.7. The van der Waals surface area contributed by atoms with Crippen molar-refractivity contribution in [1.29, 1.82) is 0 Å². The predicted molar refractivity (Wildman–Crippen MR) is 105 cm³/mol. The second-order valence-electron chi connectivity index (χ2n) is 3.99. The molecule has 0 spiro atoms. The molecule has 24 heavy (non-hydrogen) atoms. The van der Waals surface area contributed by atoms with Crippen molar-refractivity contribution in [1.82, 2.24) is 15.0 Å². The van der Waals surface area contributed by atoms with Gasteiger partial charge in [0, 0.05) is 17.4 Å². The van der Waals surface area contributed by atoms with Crippen molar-refractivity contribution in [3.05, 3.63) is 65.9 Å². The average Bonchev–Trinajstić information content (AvgIpc) is 2.66. The van der Waals surface area contributed by atoms with Gasteiger partial charge in [-0.25, -0.2) is 4.98 Å². The molecule has 0 aromatic carbocycles. The molecule has 3 heterocycles. The van der Waals surface area contributed by atoms with E-state index < -0.39 is 0 Å². The van der Waals surface area contributed by atoms with Crippen LogP contribution in [-0.2, 0) is 0 Å². The Balaban J connectivity index is 0.000000987. The molecule has 3 aromatic rings. The Morgan fingerprint density at radius 2 is 1.08 bits per heavy atom. The van der Waals surface area contributed by atoms with Gasteiger partial charge < -0.3 is 0 Å². The third-order valence-electron chi connectivity index (χ3n) is 2.64. The lowest BCUT2D eigenvalue weighted by Gasteiger charge is -2.05. The molecular weight excluding hydrogens is 318 g/mol. The first-order valence-corrected chi connectivity index (χ1v) is 8.21. The van der Waals surface area contributed by atoms with Crippen molar-refractivity contribution in [3.63, 3.8) is 0 Å². The average molecular weight is 344 g/mol. The number of nitrogens with zero attached hydrogens (tertiary/aromatic N) is 3. The van der Waals surface area contributed by atoms with Gasteiger partial charge in [-0.2, -0.15) is 0 Å². The molecule has 3 aromatic heterocycles. The molecule has 0 bridgehead atoms. The van der Waals surface area contributed by atoms with Gasteiger partial charge in [-0.3, -0.25) is 9.97 Å². The first kappa shape index (κ1) is 21.7. The maximum atomic E-state index is 6.15. The summed E-state index contributed by atoms with van der Waals surface area (Å²) < 4.78 is 0. The Hall–Kier alpha value is -2.26. The molecule has 3 rings (SSSR count). The van der Waals surface area contributed by atoms with Gasteiger partial charge >= 0.3 is 0 Å². The van der Waals surface area contributed by atoms with Gasteiger partial charge in [0.15, 0.2) is 0 Å². The summed E-state index contributed by atoms with van der Waals surface area (Å²) in [5.74, 6) is 0. The molecule has 3 nitrogen and oxygen atoms in total. The largest absolute Gasteiger partial charge is 0.255 e. The highest BCUT2D eigenvalue weighted by Gasteiger charge is 2.07. The van der Waals surface area contributed by atoms with E-state index in [0.29, 0.717) is 5.02 Å². The standard InChI is InChI=1S/C15H10ClN3.2C2H6.CH4/c16-11-9-14(12-5-1-3-7-17-12)19-15(10-11)13-6-2-4-8-18-13;2*1-2;/h1-10H;2*1-2H3;1H4. The highest BCUT2D eigenvalue weighted by atomic mass is 35.5. The molecule has 0 N–H and O–H groups in total. The molecule has 0 aliphatic heterocycles. The van der Waals surface area contributed by atoms with Crippen molar-refractivity contribution in [2.75, 3.05) is 0 Å². The summed E-state index contributed by atoms with van der Waals surface area (Å²) in [5, 5.41) is 0.622. The third kappa shape index (κ3) is 6.09. The maximum absolute atomic E-state index is 6.15. The number of rotatable bonds is 2. The zero-order chi connectivity index (χ0) is 17.1.